The summed E-state index contributed by atoms with van der Waals surface area (Å²) in [5.41, 5.74) is 4.18. The molecule has 3 amide bonds. The van der Waals surface area contributed by atoms with Gasteiger partial charge in [-0.05, 0) is 52.7 Å². The van der Waals surface area contributed by atoms with Crippen molar-refractivity contribution in [3.63, 3.8) is 0 Å². The quantitative estimate of drug-likeness (QED) is 0.418. The van der Waals surface area contributed by atoms with E-state index in [1.165, 1.54) is 24.2 Å². The number of hydrogen-bond donors (Lipinski definition) is 3. The molecule has 12 nitrogen and oxygen atoms in total. The first-order valence-corrected chi connectivity index (χ1v) is 12.7. The molecule has 0 bridgehead atoms. The van der Waals surface area contributed by atoms with Gasteiger partial charge in [-0.15, -0.1) is 22.0 Å². The number of nitrogens with one attached hydrogen (secondary N) is 3. The number of nitrogens with zero attached hydrogens (tertiary/aromatic N) is 6. The Bertz CT molecular complexity index is 1370. The number of aromatic amines is 1. The van der Waals surface area contributed by atoms with E-state index in [0.717, 1.165) is 35.1 Å². The van der Waals surface area contributed by atoms with Crippen LogP contribution < -0.4 is 10.6 Å². The van der Waals surface area contributed by atoms with E-state index in [-0.39, 0.29) is 34.5 Å². The number of aryl methyl sites for hydroxylation is 1. The average molecular weight is 520 g/mol. The Morgan fingerprint density at radius 1 is 1.14 bits per heavy atom. The van der Waals surface area contributed by atoms with Crippen molar-refractivity contribution >= 4 is 29.5 Å². The number of benzene rings is 1. The molecule has 0 spiro atoms. The van der Waals surface area contributed by atoms with Gasteiger partial charge in [0.15, 0.2) is 0 Å². The fraction of sp³-hybridized carbons (Fsp3) is 0.333. The second-order valence-electron chi connectivity index (χ2n) is 9.02. The smallest absolute Gasteiger partial charge is 0.270 e. The highest BCUT2D eigenvalue weighted by atomic mass is 32.2. The van der Waals surface area contributed by atoms with E-state index in [1.54, 1.807) is 19.0 Å². The lowest BCUT2D eigenvalue weighted by Crippen LogP contribution is -2.32. The number of fused-ring (bicyclic) bond motifs is 1. The van der Waals surface area contributed by atoms with Gasteiger partial charge in [-0.2, -0.15) is 5.21 Å². The first-order valence-electron chi connectivity index (χ1n) is 11.7. The number of tetrazole rings is 1. The van der Waals surface area contributed by atoms with Crippen molar-refractivity contribution in [3.05, 3.63) is 64.1 Å². The van der Waals surface area contributed by atoms with Crippen molar-refractivity contribution in [2.75, 3.05) is 20.6 Å². The van der Waals surface area contributed by atoms with Crippen LogP contribution in [-0.4, -0.2) is 79.1 Å². The van der Waals surface area contributed by atoms with Gasteiger partial charge in [-0.1, -0.05) is 12.1 Å². The SMILES string of the molecule is CN(C)C(=O)C1CC(CNC(=O)c2cc(C(=O)N[C@H]3CCc4cc(-c5nn[nH]n5)ccc43)ncn2)=CS1. The molecule has 2 atom stereocenters. The molecule has 1 unspecified atom stereocenters. The van der Waals surface area contributed by atoms with Gasteiger partial charge >= 0.3 is 0 Å². The van der Waals surface area contributed by atoms with Gasteiger partial charge < -0.3 is 15.5 Å². The zero-order valence-electron chi connectivity index (χ0n) is 20.3. The molecule has 0 saturated carbocycles. The molecule has 1 aromatic carbocycles. The minimum absolute atomic E-state index is 0.0475. The fourth-order valence-electron chi connectivity index (χ4n) is 4.37. The molecular formula is C24H25N9O3S. The lowest BCUT2D eigenvalue weighted by atomic mass is 10.0. The van der Waals surface area contributed by atoms with E-state index in [9.17, 15) is 14.4 Å². The molecule has 1 aliphatic carbocycles. The van der Waals surface area contributed by atoms with Crippen LogP contribution in [0.5, 0.6) is 0 Å². The normalized spacial score (nSPS) is 18.2. The maximum absolute atomic E-state index is 12.9. The molecule has 3 aromatic rings. The number of aromatic nitrogens is 6. The van der Waals surface area contributed by atoms with E-state index in [4.69, 9.17) is 0 Å². The molecule has 0 radical (unpaired) electrons. The van der Waals surface area contributed by atoms with E-state index in [0.29, 0.717) is 18.8 Å². The van der Waals surface area contributed by atoms with Gasteiger partial charge in [0.1, 0.15) is 17.7 Å². The summed E-state index contributed by atoms with van der Waals surface area (Å²) in [6.45, 7) is 0.305. The number of H-pyrrole nitrogens is 1. The van der Waals surface area contributed by atoms with Gasteiger partial charge in [-0.3, -0.25) is 14.4 Å². The molecule has 5 rings (SSSR count). The van der Waals surface area contributed by atoms with Crippen molar-refractivity contribution in [2.24, 2.45) is 0 Å². The summed E-state index contributed by atoms with van der Waals surface area (Å²) in [5.74, 6) is -0.223. The van der Waals surface area contributed by atoms with Gasteiger partial charge in [0.05, 0.1) is 11.3 Å². The predicted molar refractivity (Wildman–Crippen MR) is 135 cm³/mol. The summed E-state index contributed by atoms with van der Waals surface area (Å²) in [4.78, 5) is 47.4. The van der Waals surface area contributed by atoms with Crippen LogP contribution in [0.25, 0.3) is 11.4 Å². The van der Waals surface area contributed by atoms with Crippen LogP contribution in [0.1, 0.15) is 51.0 Å². The Balaban J connectivity index is 1.18. The van der Waals surface area contributed by atoms with Crippen LogP contribution in [0.15, 0.2) is 41.6 Å². The molecule has 190 valence electrons. The Labute approximate surface area is 216 Å². The van der Waals surface area contributed by atoms with Crippen LogP contribution in [-0.2, 0) is 11.2 Å². The first kappa shape index (κ1) is 24.6. The highest BCUT2D eigenvalue weighted by Gasteiger charge is 2.27. The lowest BCUT2D eigenvalue weighted by Gasteiger charge is -2.15. The summed E-state index contributed by atoms with van der Waals surface area (Å²) >= 11 is 1.46. The van der Waals surface area contributed by atoms with E-state index >= 15 is 0 Å². The molecule has 37 heavy (non-hydrogen) atoms. The van der Waals surface area contributed by atoms with Gasteiger partial charge in [0, 0.05) is 32.3 Å². The Morgan fingerprint density at radius 3 is 2.70 bits per heavy atom. The molecule has 2 aromatic heterocycles. The maximum Gasteiger partial charge on any atom is 0.270 e. The van der Waals surface area contributed by atoms with Crippen molar-refractivity contribution in [1.29, 1.82) is 0 Å². The average Bonchev–Trinajstić information content (AvgIpc) is 3.68. The van der Waals surface area contributed by atoms with Crippen LogP contribution in [0.2, 0.25) is 0 Å². The predicted octanol–water partition coefficient (Wildman–Crippen LogP) is 1.28. The number of amides is 3. The van der Waals surface area contributed by atoms with Gasteiger partial charge in [0.25, 0.3) is 11.8 Å². The third-order valence-corrected chi connectivity index (χ3v) is 7.47. The topological polar surface area (TPSA) is 159 Å². The number of rotatable bonds is 7. The third-order valence-electron chi connectivity index (χ3n) is 6.30. The number of carbonyl (C=O) groups excluding carboxylic acids is 3. The number of hydrogen-bond acceptors (Lipinski definition) is 9. The molecular weight excluding hydrogens is 494 g/mol. The minimum atomic E-state index is -0.412. The maximum atomic E-state index is 12.9. The van der Waals surface area contributed by atoms with Gasteiger partial charge in [0.2, 0.25) is 11.7 Å². The zero-order valence-corrected chi connectivity index (χ0v) is 21.1. The largest absolute Gasteiger partial charge is 0.348 e. The van der Waals surface area contributed by atoms with Crippen LogP contribution in [0, 0.1) is 0 Å². The van der Waals surface area contributed by atoms with Crippen molar-refractivity contribution in [1.82, 2.24) is 46.1 Å². The molecule has 2 aliphatic rings. The Hall–Kier alpha value is -4.13. The van der Waals surface area contributed by atoms with Crippen LogP contribution in [0.3, 0.4) is 0 Å². The van der Waals surface area contributed by atoms with E-state index < -0.39 is 5.91 Å². The molecule has 3 heterocycles. The number of carbonyl (C=O) groups is 3. The number of thioether (sulfide) groups is 1. The molecule has 1 aliphatic heterocycles. The highest BCUT2D eigenvalue weighted by Crippen LogP contribution is 2.34. The molecule has 13 heteroatoms. The Kier molecular flexibility index (Phi) is 6.95. The summed E-state index contributed by atoms with van der Waals surface area (Å²) in [6, 6.07) is 7.09. The Morgan fingerprint density at radius 2 is 1.95 bits per heavy atom. The van der Waals surface area contributed by atoms with Crippen LogP contribution in [0.4, 0.5) is 0 Å². The zero-order chi connectivity index (χ0) is 25.9. The summed E-state index contributed by atoms with van der Waals surface area (Å²) < 4.78 is 0. The van der Waals surface area contributed by atoms with Gasteiger partial charge in [-0.25, -0.2) is 9.97 Å². The fourth-order valence-corrected chi connectivity index (χ4v) is 5.55. The standard InChI is InChI=1S/C24H25N9O3S/c1-33(2)24(36)20-7-13(11-37-20)10-25-22(34)18-9-19(27-12-26-18)23(35)28-17-6-4-14-8-15(3-5-16(14)17)21-29-31-32-30-21/h3,5,8-9,11-12,17,20H,4,6-7,10H2,1-2H3,(H,25,34)(H,28,35)(H,29,30,31,32)/t17-,20?/m0/s1. The molecule has 3 N–H and O–H groups in total. The lowest BCUT2D eigenvalue weighted by molar-refractivity contribution is -0.128. The first-order chi connectivity index (χ1) is 17.9. The second-order valence-corrected chi connectivity index (χ2v) is 10.1. The van der Waals surface area contributed by atoms with Crippen LogP contribution >= 0.6 is 11.8 Å². The van der Waals surface area contributed by atoms with Crippen molar-refractivity contribution < 1.29 is 14.4 Å². The summed E-state index contributed by atoms with van der Waals surface area (Å²) in [6.07, 6.45) is 3.34. The van der Waals surface area contributed by atoms with Crippen molar-refractivity contribution in [3.8, 4) is 11.4 Å². The second kappa shape index (κ2) is 10.5. The van der Waals surface area contributed by atoms with E-state index in [1.807, 2.05) is 23.6 Å². The molecule has 0 fully saturated rings. The minimum Gasteiger partial charge on any atom is -0.348 e. The third kappa shape index (κ3) is 5.35. The summed E-state index contributed by atoms with van der Waals surface area (Å²) in [5, 5.41) is 21.6. The monoisotopic (exact) mass is 519 g/mol. The summed E-state index contributed by atoms with van der Waals surface area (Å²) in [7, 11) is 3.45. The highest BCUT2D eigenvalue weighted by molar-refractivity contribution is 8.03. The molecule has 0 saturated heterocycles. The van der Waals surface area contributed by atoms with Crippen molar-refractivity contribution in [2.45, 2.75) is 30.6 Å². The van der Waals surface area contributed by atoms with E-state index in [2.05, 4.69) is 41.2 Å².